The van der Waals surface area contributed by atoms with Gasteiger partial charge in [0.15, 0.2) is 0 Å². The van der Waals surface area contributed by atoms with Crippen molar-refractivity contribution in [1.82, 2.24) is 4.90 Å². The summed E-state index contributed by atoms with van der Waals surface area (Å²) in [5.41, 5.74) is 5.67. The second kappa shape index (κ2) is 3.69. The van der Waals surface area contributed by atoms with Crippen molar-refractivity contribution in [3.8, 4) is 0 Å². The van der Waals surface area contributed by atoms with E-state index in [0.717, 1.165) is 25.9 Å². The minimum atomic E-state index is -0.765. The SMILES string of the molecule is N[C@@H]1CCCN(CC(=O)O)C1. The van der Waals surface area contributed by atoms with E-state index in [1.807, 2.05) is 4.90 Å². The number of nitrogens with two attached hydrogens (primary N) is 1. The Bertz CT molecular complexity index is 149. The molecule has 1 aliphatic rings. The molecular weight excluding hydrogens is 144 g/mol. The average Bonchev–Trinajstić information content (AvgIpc) is 1.85. The maximum atomic E-state index is 10.3. The lowest BCUT2D eigenvalue weighted by Crippen LogP contribution is -2.44. The van der Waals surface area contributed by atoms with Gasteiger partial charge in [0.1, 0.15) is 0 Å². The molecule has 0 aromatic rings. The zero-order valence-corrected chi connectivity index (χ0v) is 6.49. The quantitative estimate of drug-likeness (QED) is 0.568. The van der Waals surface area contributed by atoms with E-state index in [9.17, 15) is 4.79 Å². The molecule has 0 amide bonds. The highest BCUT2D eigenvalue weighted by molar-refractivity contribution is 5.69. The first-order valence-corrected chi connectivity index (χ1v) is 3.88. The van der Waals surface area contributed by atoms with Crippen molar-refractivity contribution in [2.45, 2.75) is 18.9 Å². The lowest BCUT2D eigenvalue weighted by molar-refractivity contribution is -0.138. The highest BCUT2D eigenvalue weighted by atomic mass is 16.4. The van der Waals surface area contributed by atoms with Crippen LogP contribution >= 0.6 is 0 Å². The summed E-state index contributed by atoms with van der Waals surface area (Å²) in [4.78, 5) is 12.2. The van der Waals surface area contributed by atoms with Gasteiger partial charge in [-0.15, -0.1) is 0 Å². The van der Waals surface area contributed by atoms with E-state index in [1.54, 1.807) is 0 Å². The second-order valence-electron chi connectivity index (χ2n) is 3.03. The van der Waals surface area contributed by atoms with Crippen molar-refractivity contribution in [2.24, 2.45) is 5.73 Å². The van der Waals surface area contributed by atoms with Gasteiger partial charge in [-0.1, -0.05) is 0 Å². The highest BCUT2D eigenvalue weighted by Gasteiger charge is 2.17. The van der Waals surface area contributed by atoms with Gasteiger partial charge in [-0.3, -0.25) is 9.69 Å². The van der Waals surface area contributed by atoms with Crippen molar-refractivity contribution in [3.63, 3.8) is 0 Å². The lowest BCUT2D eigenvalue weighted by atomic mass is 10.1. The van der Waals surface area contributed by atoms with Crippen LogP contribution in [0.1, 0.15) is 12.8 Å². The molecule has 1 aliphatic heterocycles. The predicted octanol–water partition coefficient (Wildman–Crippen LogP) is -0.506. The predicted molar refractivity (Wildman–Crippen MR) is 41.3 cm³/mol. The van der Waals surface area contributed by atoms with Crippen LogP contribution in [0.3, 0.4) is 0 Å². The molecule has 1 saturated heterocycles. The third-order valence-corrected chi connectivity index (χ3v) is 1.90. The van der Waals surface area contributed by atoms with Crippen LogP contribution < -0.4 is 5.73 Å². The molecule has 64 valence electrons. The molecule has 4 heteroatoms. The third kappa shape index (κ3) is 2.86. The Morgan fingerprint density at radius 2 is 2.45 bits per heavy atom. The van der Waals surface area contributed by atoms with Crippen LogP contribution in [0.5, 0.6) is 0 Å². The molecule has 0 aliphatic carbocycles. The Hall–Kier alpha value is -0.610. The van der Waals surface area contributed by atoms with Gasteiger partial charge >= 0.3 is 5.97 Å². The molecule has 0 unspecified atom stereocenters. The summed E-state index contributed by atoms with van der Waals surface area (Å²) in [6, 6.07) is 0.170. The van der Waals surface area contributed by atoms with Crippen molar-refractivity contribution in [3.05, 3.63) is 0 Å². The van der Waals surface area contributed by atoms with E-state index >= 15 is 0 Å². The number of carboxylic acid groups (broad SMARTS) is 1. The van der Waals surface area contributed by atoms with Gasteiger partial charge in [-0.25, -0.2) is 0 Å². The molecule has 1 rings (SSSR count). The van der Waals surface area contributed by atoms with Crippen LogP contribution in [-0.2, 0) is 4.79 Å². The maximum absolute atomic E-state index is 10.3. The van der Waals surface area contributed by atoms with Gasteiger partial charge in [-0.05, 0) is 19.4 Å². The van der Waals surface area contributed by atoms with E-state index < -0.39 is 5.97 Å². The van der Waals surface area contributed by atoms with Crippen LogP contribution in [0, 0.1) is 0 Å². The summed E-state index contributed by atoms with van der Waals surface area (Å²) >= 11 is 0. The van der Waals surface area contributed by atoms with Gasteiger partial charge in [0.2, 0.25) is 0 Å². The maximum Gasteiger partial charge on any atom is 0.317 e. The van der Waals surface area contributed by atoms with Gasteiger partial charge in [0.05, 0.1) is 6.54 Å². The fourth-order valence-corrected chi connectivity index (χ4v) is 1.43. The number of nitrogens with zero attached hydrogens (tertiary/aromatic N) is 1. The van der Waals surface area contributed by atoms with Crippen molar-refractivity contribution < 1.29 is 9.90 Å². The normalized spacial score (nSPS) is 26.8. The molecule has 1 fully saturated rings. The van der Waals surface area contributed by atoms with Crippen LogP contribution in [0.2, 0.25) is 0 Å². The largest absolute Gasteiger partial charge is 0.480 e. The van der Waals surface area contributed by atoms with E-state index in [1.165, 1.54) is 0 Å². The summed E-state index contributed by atoms with van der Waals surface area (Å²) in [6.07, 6.45) is 2.05. The number of likely N-dealkylation sites (tertiary alicyclic amines) is 1. The van der Waals surface area contributed by atoms with Gasteiger partial charge < -0.3 is 10.8 Å². The fourth-order valence-electron chi connectivity index (χ4n) is 1.43. The number of rotatable bonds is 2. The summed E-state index contributed by atoms with van der Waals surface area (Å²) in [5, 5.41) is 8.47. The van der Waals surface area contributed by atoms with E-state index in [2.05, 4.69) is 0 Å². The number of carboxylic acids is 1. The summed E-state index contributed by atoms with van der Waals surface area (Å²) in [6.45, 7) is 1.74. The second-order valence-corrected chi connectivity index (χ2v) is 3.03. The van der Waals surface area contributed by atoms with Gasteiger partial charge in [-0.2, -0.15) is 0 Å². The zero-order chi connectivity index (χ0) is 8.27. The fraction of sp³-hybridized carbons (Fsp3) is 0.857. The molecule has 0 saturated carbocycles. The smallest absolute Gasteiger partial charge is 0.317 e. The van der Waals surface area contributed by atoms with Crippen LogP contribution in [-0.4, -0.2) is 41.7 Å². The van der Waals surface area contributed by atoms with E-state index in [-0.39, 0.29) is 12.6 Å². The summed E-state index contributed by atoms with van der Waals surface area (Å²) in [5.74, 6) is -0.765. The molecule has 4 nitrogen and oxygen atoms in total. The molecule has 1 heterocycles. The Balaban J connectivity index is 2.28. The number of piperidine rings is 1. The summed E-state index contributed by atoms with van der Waals surface area (Å²) in [7, 11) is 0. The molecule has 3 N–H and O–H groups in total. The lowest BCUT2D eigenvalue weighted by Gasteiger charge is -2.28. The molecule has 0 spiro atoms. The first-order valence-electron chi connectivity index (χ1n) is 3.88. The highest BCUT2D eigenvalue weighted by Crippen LogP contribution is 2.06. The third-order valence-electron chi connectivity index (χ3n) is 1.90. The van der Waals surface area contributed by atoms with Crippen LogP contribution in [0.4, 0.5) is 0 Å². The van der Waals surface area contributed by atoms with Crippen LogP contribution in [0.25, 0.3) is 0 Å². The minimum absolute atomic E-state index is 0.133. The Kier molecular flexibility index (Phi) is 2.84. The monoisotopic (exact) mass is 158 g/mol. The first-order chi connectivity index (χ1) is 5.18. The van der Waals surface area contributed by atoms with Crippen molar-refractivity contribution in [2.75, 3.05) is 19.6 Å². The minimum Gasteiger partial charge on any atom is -0.480 e. The molecule has 1 atom stereocenters. The van der Waals surface area contributed by atoms with Crippen molar-refractivity contribution >= 4 is 5.97 Å². The number of carbonyl (C=O) groups is 1. The Morgan fingerprint density at radius 1 is 1.73 bits per heavy atom. The zero-order valence-electron chi connectivity index (χ0n) is 6.49. The number of hydrogen-bond acceptors (Lipinski definition) is 3. The molecule has 11 heavy (non-hydrogen) atoms. The molecule has 0 bridgehead atoms. The molecule has 0 aromatic carbocycles. The average molecular weight is 158 g/mol. The number of hydrogen-bond donors (Lipinski definition) is 2. The van der Waals surface area contributed by atoms with E-state index in [0.29, 0.717) is 0 Å². The topological polar surface area (TPSA) is 66.6 Å². The van der Waals surface area contributed by atoms with Gasteiger partial charge in [0, 0.05) is 12.6 Å². The van der Waals surface area contributed by atoms with Crippen LogP contribution in [0.15, 0.2) is 0 Å². The number of aliphatic carboxylic acids is 1. The van der Waals surface area contributed by atoms with Crippen molar-refractivity contribution in [1.29, 1.82) is 0 Å². The van der Waals surface area contributed by atoms with Gasteiger partial charge in [0.25, 0.3) is 0 Å². The molecule has 0 radical (unpaired) electrons. The molecular formula is C7H14N2O2. The van der Waals surface area contributed by atoms with E-state index in [4.69, 9.17) is 10.8 Å². The molecule has 0 aromatic heterocycles. The standard InChI is InChI=1S/C7H14N2O2/c8-6-2-1-3-9(4-6)5-7(10)11/h6H,1-5,8H2,(H,10,11)/t6-/m1/s1. The summed E-state index contributed by atoms with van der Waals surface area (Å²) < 4.78 is 0. The Morgan fingerprint density at radius 3 is 3.00 bits per heavy atom. The Labute approximate surface area is 66.0 Å². The first kappa shape index (κ1) is 8.49.